The highest BCUT2D eigenvalue weighted by Crippen LogP contribution is 2.42. The SMILES string of the molecule is COc1ccc(/C=C2\Oc3cc(OCC(=O)N[C@H](C(=O)O)[C@H](C)O)ccc3C2=O)c(OC)c1OC. The van der Waals surface area contributed by atoms with Crippen LogP contribution in [-0.4, -0.2) is 68.0 Å². The lowest BCUT2D eigenvalue weighted by Crippen LogP contribution is -2.49. The molecule has 2 aromatic rings. The zero-order valence-electron chi connectivity index (χ0n) is 19.5. The molecule has 2 atom stereocenters. The Balaban J connectivity index is 1.76. The molecule has 0 aliphatic carbocycles. The van der Waals surface area contributed by atoms with Crippen LogP contribution in [0.3, 0.4) is 0 Å². The van der Waals surface area contributed by atoms with Crippen LogP contribution >= 0.6 is 0 Å². The zero-order valence-corrected chi connectivity index (χ0v) is 19.5. The molecule has 1 aliphatic rings. The van der Waals surface area contributed by atoms with E-state index in [0.717, 1.165) is 0 Å². The number of hydrogen-bond donors (Lipinski definition) is 3. The molecule has 3 N–H and O–H groups in total. The molecule has 11 heteroatoms. The molecule has 186 valence electrons. The first-order valence-corrected chi connectivity index (χ1v) is 10.4. The van der Waals surface area contributed by atoms with Gasteiger partial charge in [-0.15, -0.1) is 0 Å². The lowest BCUT2D eigenvalue weighted by atomic mass is 10.1. The van der Waals surface area contributed by atoms with Gasteiger partial charge in [-0.1, -0.05) is 0 Å². The van der Waals surface area contributed by atoms with Gasteiger partial charge in [0, 0.05) is 11.6 Å². The van der Waals surface area contributed by atoms with Gasteiger partial charge in [0.1, 0.15) is 11.5 Å². The number of hydrogen-bond acceptors (Lipinski definition) is 9. The third kappa shape index (κ3) is 5.46. The van der Waals surface area contributed by atoms with Crippen molar-refractivity contribution in [2.75, 3.05) is 27.9 Å². The molecule has 1 heterocycles. The van der Waals surface area contributed by atoms with Crippen LogP contribution in [0.5, 0.6) is 28.7 Å². The van der Waals surface area contributed by atoms with Gasteiger partial charge < -0.3 is 39.2 Å². The van der Waals surface area contributed by atoms with Crippen molar-refractivity contribution in [1.29, 1.82) is 0 Å². The monoisotopic (exact) mass is 487 g/mol. The molecule has 0 spiro atoms. The Hall–Kier alpha value is -4.25. The maximum atomic E-state index is 12.8. The van der Waals surface area contributed by atoms with Crippen LogP contribution < -0.4 is 29.0 Å². The molecule has 11 nitrogen and oxygen atoms in total. The number of rotatable bonds is 10. The summed E-state index contributed by atoms with van der Waals surface area (Å²) in [7, 11) is 4.43. The molecule has 3 rings (SSSR count). The Labute approximate surface area is 200 Å². The number of methoxy groups -OCH3 is 3. The number of carbonyl (C=O) groups is 3. The Morgan fingerprint density at radius 2 is 1.80 bits per heavy atom. The normalized spacial score (nSPS) is 15.0. The number of carbonyl (C=O) groups excluding carboxylic acids is 2. The minimum Gasteiger partial charge on any atom is -0.493 e. The first-order valence-electron chi connectivity index (χ1n) is 10.4. The molecule has 1 amide bonds. The number of carboxylic acid groups (broad SMARTS) is 1. The van der Waals surface area contributed by atoms with Gasteiger partial charge in [-0.25, -0.2) is 4.79 Å². The van der Waals surface area contributed by atoms with Gasteiger partial charge in [0.2, 0.25) is 11.5 Å². The number of Topliss-reactive ketones (excluding diaryl/α,β-unsaturated/α-hetero) is 1. The fourth-order valence-corrected chi connectivity index (χ4v) is 3.39. The van der Waals surface area contributed by atoms with Crippen LogP contribution in [0.25, 0.3) is 6.08 Å². The second-order valence-electron chi connectivity index (χ2n) is 7.43. The van der Waals surface area contributed by atoms with Crippen molar-refractivity contribution in [3.05, 3.63) is 47.2 Å². The topological polar surface area (TPSA) is 150 Å². The summed E-state index contributed by atoms with van der Waals surface area (Å²) >= 11 is 0. The van der Waals surface area contributed by atoms with E-state index in [-0.39, 0.29) is 23.0 Å². The van der Waals surface area contributed by atoms with Crippen molar-refractivity contribution >= 4 is 23.7 Å². The molecule has 0 fully saturated rings. The number of aliphatic carboxylic acids is 1. The van der Waals surface area contributed by atoms with Crippen molar-refractivity contribution in [2.45, 2.75) is 19.1 Å². The molecule has 0 saturated carbocycles. The Morgan fingerprint density at radius 3 is 2.40 bits per heavy atom. The van der Waals surface area contributed by atoms with Gasteiger partial charge in [0.25, 0.3) is 5.91 Å². The summed E-state index contributed by atoms with van der Waals surface area (Å²) in [5.41, 5.74) is 0.827. The van der Waals surface area contributed by atoms with Crippen molar-refractivity contribution in [3.8, 4) is 28.7 Å². The summed E-state index contributed by atoms with van der Waals surface area (Å²) in [6, 6.07) is 6.32. The number of fused-ring (bicyclic) bond motifs is 1. The molecular formula is C24H25NO10. The van der Waals surface area contributed by atoms with Gasteiger partial charge in [0.15, 0.2) is 29.9 Å². The van der Waals surface area contributed by atoms with Crippen molar-refractivity contribution in [1.82, 2.24) is 5.32 Å². The van der Waals surface area contributed by atoms with E-state index >= 15 is 0 Å². The maximum absolute atomic E-state index is 12.8. The smallest absolute Gasteiger partial charge is 0.328 e. The molecule has 2 aromatic carbocycles. The lowest BCUT2D eigenvalue weighted by Gasteiger charge is -2.17. The van der Waals surface area contributed by atoms with Gasteiger partial charge in [-0.3, -0.25) is 9.59 Å². The first-order chi connectivity index (χ1) is 16.7. The van der Waals surface area contributed by atoms with E-state index in [2.05, 4.69) is 5.32 Å². The fourth-order valence-electron chi connectivity index (χ4n) is 3.39. The molecule has 0 radical (unpaired) electrons. The molecule has 0 unspecified atom stereocenters. The van der Waals surface area contributed by atoms with Crippen LogP contribution in [0, 0.1) is 0 Å². The second-order valence-corrected chi connectivity index (χ2v) is 7.43. The van der Waals surface area contributed by atoms with Crippen LogP contribution in [0.2, 0.25) is 0 Å². The average molecular weight is 487 g/mol. The van der Waals surface area contributed by atoms with Crippen LogP contribution in [0.1, 0.15) is 22.8 Å². The van der Waals surface area contributed by atoms with Gasteiger partial charge in [-0.2, -0.15) is 0 Å². The maximum Gasteiger partial charge on any atom is 0.328 e. The number of ether oxygens (including phenoxy) is 5. The number of allylic oxidation sites excluding steroid dienone is 1. The number of aliphatic hydroxyl groups excluding tert-OH is 1. The molecule has 0 saturated heterocycles. The number of carboxylic acids is 1. The molecule has 35 heavy (non-hydrogen) atoms. The lowest BCUT2D eigenvalue weighted by molar-refractivity contribution is -0.145. The molecular weight excluding hydrogens is 462 g/mol. The third-order valence-electron chi connectivity index (χ3n) is 5.10. The highest BCUT2D eigenvalue weighted by Gasteiger charge is 2.29. The number of benzene rings is 2. The summed E-state index contributed by atoms with van der Waals surface area (Å²) in [5.74, 6) is -0.793. The van der Waals surface area contributed by atoms with E-state index in [1.165, 1.54) is 52.5 Å². The van der Waals surface area contributed by atoms with E-state index in [1.54, 1.807) is 12.1 Å². The quantitative estimate of drug-likeness (QED) is 0.422. The second kappa shape index (κ2) is 10.8. The first kappa shape index (κ1) is 25.4. The predicted octanol–water partition coefficient (Wildman–Crippen LogP) is 1.66. The van der Waals surface area contributed by atoms with Crippen LogP contribution in [0.15, 0.2) is 36.1 Å². The largest absolute Gasteiger partial charge is 0.493 e. The van der Waals surface area contributed by atoms with E-state index < -0.39 is 30.6 Å². The van der Waals surface area contributed by atoms with Crippen LogP contribution in [0.4, 0.5) is 0 Å². The Morgan fingerprint density at radius 1 is 1.09 bits per heavy atom. The highest BCUT2D eigenvalue weighted by molar-refractivity contribution is 6.14. The standard InChI is InChI=1S/C24H25NO10/c1-12(26)20(24(29)30)25-19(27)11-34-14-6-7-15-17(10-14)35-18(21(15)28)9-13-5-8-16(31-2)23(33-4)22(13)32-3/h5-10,12,20,26H,11H2,1-4H3,(H,25,27)(H,29,30)/b18-9-/t12-,20-/m0/s1. The summed E-state index contributed by atoms with van der Waals surface area (Å²) in [5, 5.41) is 20.7. The number of amides is 1. The Kier molecular flexibility index (Phi) is 7.82. The van der Waals surface area contributed by atoms with Crippen molar-refractivity contribution in [2.24, 2.45) is 0 Å². The number of aliphatic hydroxyl groups is 1. The molecule has 0 bridgehead atoms. The van der Waals surface area contributed by atoms with E-state index in [0.29, 0.717) is 28.4 Å². The predicted molar refractivity (Wildman–Crippen MR) is 122 cm³/mol. The Bertz CT molecular complexity index is 1170. The van der Waals surface area contributed by atoms with Crippen molar-refractivity contribution < 1.29 is 48.3 Å². The van der Waals surface area contributed by atoms with E-state index in [1.807, 2.05) is 0 Å². The van der Waals surface area contributed by atoms with E-state index in [4.69, 9.17) is 28.8 Å². The molecule has 1 aliphatic heterocycles. The summed E-state index contributed by atoms with van der Waals surface area (Å²) in [4.78, 5) is 35.9. The third-order valence-corrected chi connectivity index (χ3v) is 5.10. The summed E-state index contributed by atoms with van der Waals surface area (Å²) in [6.07, 6.45) is 0.226. The minimum absolute atomic E-state index is 0.0432. The van der Waals surface area contributed by atoms with Crippen LogP contribution in [-0.2, 0) is 9.59 Å². The van der Waals surface area contributed by atoms with Gasteiger partial charge in [-0.05, 0) is 37.3 Å². The van der Waals surface area contributed by atoms with Crippen molar-refractivity contribution in [3.63, 3.8) is 0 Å². The van der Waals surface area contributed by atoms with E-state index in [9.17, 15) is 19.5 Å². The molecule has 0 aromatic heterocycles. The fraction of sp³-hybridized carbons (Fsp3) is 0.292. The highest BCUT2D eigenvalue weighted by atomic mass is 16.5. The summed E-state index contributed by atoms with van der Waals surface area (Å²) in [6.45, 7) is 0.742. The minimum atomic E-state index is -1.46. The van der Waals surface area contributed by atoms with Gasteiger partial charge in [0.05, 0.1) is 33.0 Å². The zero-order chi connectivity index (χ0) is 25.7. The summed E-state index contributed by atoms with van der Waals surface area (Å²) < 4.78 is 27.2. The number of ketones is 1. The average Bonchev–Trinajstić information content (AvgIpc) is 3.14. The van der Waals surface area contributed by atoms with Gasteiger partial charge >= 0.3 is 5.97 Å². The number of nitrogens with one attached hydrogen (secondary N) is 1.